The Bertz CT molecular complexity index is 371. The number of aliphatic hydroxyl groups excluding tert-OH is 1. The molecule has 0 unspecified atom stereocenters. The minimum atomic E-state index is 0.242. The topological polar surface area (TPSA) is 82.1 Å². The van der Waals surface area contributed by atoms with Crippen LogP contribution in [0.25, 0.3) is 0 Å². The molecule has 0 amide bonds. The summed E-state index contributed by atoms with van der Waals surface area (Å²) in [5.74, 6) is 0. The van der Waals surface area contributed by atoms with Gasteiger partial charge in [-0.3, -0.25) is 0 Å². The Kier molecular flexibility index (Phi) is 5.17. The number of hydrogen-bond acceptors (Lipinski definition) is 4. The lowest BCUT2D eigenvalue weighted by atomic mass is 10.1. The van der Waals surface area contributed by atoms with E-state index in [1.165, 1.54) is 0 Å². The van der Waals surface area contributed by atoms with Gasteiger partial charge in [0.2, 0.25) is 0 Å². The number of rotatable bonds is 6. The number of nitrogen functional groups attached to an aromatic ring is 1. The monoisotopic (exact) mass is 219 g/mol. The highest BCUT2D eigenvalue weighted by Gasteiger charge is 2.02. The lowest BCUT2D eigenvalue weighted by Crippen LogP contribution is -2.05. The first kappa shape index (κ1) is 12.3. The predicted molar refractivity (Wildman–Crippen MR) is 65.0 cm³/mol. The van der Waals surface area contributed by atoms with Crippen LogP contribution in [0.2, 0.25) is 0 Å². The number of unbranched alkanes of at least 4 members (excludes halogenated alkanes) is 2. The minimum Gasteiger partial charge on any atom is -0.396 e. The summed E-state index contributed by atoms with van der Waals surface area (Å²) < 4.78 is 0. The van der Waals surface area contributed by atoms with Crippen LogP contribution in [-0.4, -0.2) is 18.3 Å². The van der Waals surface area contributed by atoms with Crippen LogP contribution >= 0.6 is 0 Å². The van der Waals surface area contributed by atoms with Crippen LogP contribution in [-0.2, 0) is 0 Å². The standard InChI is InChI=1S/C12H17N3O/c13-9-10-5-4-6-11(12(10)14)15-7-2-1-3-8-16/h4-6,15-16H,1-3,7-8,14H2. The molecule has 0 aromatic heterocycles. The fourth-order valence-corrected chi connectivity index (χ4v) is 1.45. The van der Waals surface area contributed by atoms with E-state index in [0.29, 0.717) is 11.3 Å². The van der Waals surface area contributed by atoms with Gasteiger partial charge in [-0.05, 0) is 31.4 Å². The summed E-state index contributed by atoms with van der Waals surface area (Å²) in [7, 11) is 0. The second-order valence-corrected chi connectivity index (χ2v) is 3.59. The summed E-state index contributed by atoms with van der Waals surface area (Å²) in [6, 6.07) is 7.42. The average Bonchev–Trinajstić information content (AvgIpc) is 2.31. The van der Waals surface area contributed by atoms with E-state index in [1.54, 1.807) is 6.07 Å². The number of para-hydroxylation sites is 1. The van der Waals surface area contributed by atoms with E-state index in [9.17, 15) is 0 Å². The zero-order valence-corrected chi connectivity index (χ0v) is 9.24. The number of nitrogens with one attached hydrogen (secondary N) is 1. The zero-order valence-electron chi connectivity index (χ0n) is 9.24. The third-order valence-electron chi connectivity index (χ3n) is 2.38. The maximum Gasteiger partial charge on any atom is 0.101 e. The number of aliphatic hydroxyl groups is 1. The Morgan fingerprint density at radius 3 is 2.81 bits per heavy atom. The Balaban J connectivity index is 2.45. The molecule has 0 fully saturated rings. The van der Waals surface area contributed by atoms with Crippen molar-refractivity contribution in [1.82, 2.24) is 0 Å². The Morgan fingerprint density at radius 1 is 1.31 bits per heavy atom. The van der Waals surface area contributed by atoms with E-state index in [1.807, 2.05) is 18.2 Å². The van der Waals surface area contributed by atoms with E-state index in [2.05, 4.69) is 5.32 Å². The zero-order chi connectivity index (χ0) is 11.8. The van der Waals surface area contributed by atoms with Crippen LogP contribution in [0.5, 0.6) is 0 Å². The van der Waals surface area contributed by atoms with Gasteiger partial charge in [0, 0.05) is 13.2 Å². The largest absolute Gasteiger partial charge is 0.396 e. The maximum atomic E-state index is 8.80. The highest BCUT2D eigenvalue weighted by atomic mass is 16.2. The number of nitrogens with two attached hydrogens (primary N) is 1. The molecule has 4 heteroatoms. The van der Waals surface area contributed by atoms with Crippen molar-refractivity contribution in [3.63, 3.8) is 0 Å². The van der Waals surface area contributed by atoms with Crippen LogP contribution < -0.4 is 11.1 Å². The number of anilines is 2. The molecule has 0 radical (unpaired) electrons. The second-order valence-electron chi connectivity index (χ2n) is 3.59. The lowest BCUT2D eigenvalue weighted by molar-refractivity contribution is 0.283. The van der Waals surface area contributed by atoms with Gasteiger partial charge in [-0.1, -0.05) is 6.07 Å². The van der Waals surface area contributed by atoms with E-state index in [0.717, 1.165) is 31.5 Å². The third-order valence-corrected chi connectivity index (χ3v) is 2.38. The minimum absolute atomic E-state index is 0.242. The van der Waals surface area contributed by atoms with Crippen LogP contribution in [0.1, 0.15) is 24.8 Å². The summed E-state index contributed by atoms with van der Waals surface area (Å²) in [5.41, 5.74) is 7.63. The molecule has 0 bridgehead atoms. The molecule has 86 valence electrons. The van der Waals surface area contributed by atoms with Crippen molar-refractivity contribution in [2.75, 3.05) is 24.2 Å². The van der Waals surface area contributed by atoms with Gasteiger partial charge in [0.05, 0.1) is 16.9 Å². The molecule has 0 aliphatic carbocycles. The predicted octanol–water partition coefficient (Wildman–Crippen LogP) is 1.71. The van der Waals surface area contributed by atoms with Gasteiger partial charge in [0.15, 0.2) is 0 Å². The number of nitriles is 1. The van der Waals surface area contributed by atoms with Crippen LogP contribution in [0.3, 0.4) is 0 Å². The molecule has 16 heavy (non-hydrogen) atoms. The fraction of sp³-hybridized carbons (Fsp3) is 0.417. The third kappa shape index (κ3) is 3.44. The van der Waals surface area contributed by atoms with Crippen molar-refractivity contribution in [2.45, 2.75) is 19.3 Å². The number of hydrogen-bond donors (Lipinski definition) is 3. The molecule has 4 N–H and O–H groups in total. The van der Waals surface area contributed by atoms with Crippen molar-refractivity contribution >= 4 is 11.4 Å². The van der Waals surface area contributed by atoms with Crippen molar-refractivity contribution in [3.05, 3.63) is 23.8 Å². The van der Waals surface area contributed by atoms with Gasteiger partial charge >= 0.3 is 0 Å². The van der Waals surface area contributed by atoms with Gasteiger partial charge in [-0.15, -0.1) is 0 Å². The van der Waals surface area contributed by atoms with Crippen molar-refractivity contribution in [2.24, 2.45) is 0 Å². The molecular formula is C12H17N3O. The smallest absolute Gasteiger partial charge is 0.101 e. The molecule has 1 rings (SSSR count). The molecule has 1 aromatic carbocycles. The van der Waals surface area contributed by atoms with Crippen molar-refractivity contribution in [3.8, 4) is 6.07 Å². The van der Waals surface area contributed by atoms with E-state index >= 15 is 0 Å². The van der Waals surface area contributed by atoms with Crippen molar-refractivity contribution in [1.29, 1.82) is 5.26 Å². The SMILES string of the molecule is N#Cc1cccc(NCCCCCO)c1N. The highest BCUT2D eigenvalue weighted by molar-refractivity contribution is 5.72. The molecule has 0 saturated carbocycles. The molecule has 0 spiro atoms. The Labute approximate surface area is 95.7 Å². The molecular weight excluding hydrogens is 202 g/mol. The molecule has 0 aliphatic rings. The summed E-state index contributed by atoms with van der Waals surface area (Å²) >= 11 is 0. The fourth-order valence-electron chi connectivity index (χ4n) is 1.45. The lowest BCUT2D eigenvalue weighted by Gasteiger charge is -2.09. The molecule has 4 nitrogen and oxygen atoms in total. The summed E-state index contributed by atoms with van der Waals surface area (Å²) in [6.45, 7) is 1.05. The maximum absolute atomic E-state index is 8.80. The Hall–Kier alpha value is -1.73. The first-order chi connectivity index (χ1) is 7.79. The van der Waals surface area contributed by atoms with E-state index in [4.69, 9.17) is 16.1 Å². The van der Waals surface area contributed by atoms with Gasteiger partial charge in [-0.2, -0.15) is 5.26 Å². The van der Waals surface area contributed by atoms with Gasteiger partial charge in [0.25, 0.3) is 0 Å². The van der Waals surface area contributed by atoms with Crippen LogP contribution in [0.4, 0.5) is 11.4 Å². The average molecular weight is 219 g/mol. The summed E-state index contributed by atoms with van der Waals surface area (Å²) in [4.78, 5) is 0. The normalized spacial score (nSPS) is 9.75. The Morgan fingerprint density at radius 2 is 2.12 bits per heavy atom. The van der Waals surface area contributed by atoms with E-state index in [-0.39, 0.29) is 6.61 Å². The van der Waals surface area contributed by atoms with Crippen LogP contribution in [0.15, 0.2) is 18.2 Å². The van der Waals surface area contributed by atoms with Gasteiger partial charge in [0.1, 0.15) is 6.07 Å². The van der Waals surface area contributed by atoms with Gasteiger partial charge < -0.3 is 16.2 Å². The summed E-state index contributed by atoms with van der Waals surface area (Å²) in [6.07, 6.45) is 2.80. The molecule has 0 saturated heterocycles. The first-order valence-corrected chi connectivity index (χ1v) is 5.43. The quantitative estimate of drug-likeness (QED) is 0.502. The number of nitrogens with zero attached hydrogens (tertiary/aromatic N) is 1. The molecule has 0 aliphatic heterocycles. The summed E-state index contributed by atoms with van der Waals surface area (Å²) in [5, 5.41) is 20.6. The first-order valence-electron chi connectivity index (χ1n) is 5.43. The highest BCUT2D eigenvalue weighted by Crippen LogP contribution is 2.21. The number of benzene rings is 1. The molecule has 1 aromatic rings. The van der Waals surface area contributed by atoms with Crippen LogP contribution in [0, 0.1) is 11.3 Å². The van der Waals surface area contributed by atoms with E-state index < -0.39 is 0 Å². The van der Waals surface area contributed by atoms with Gasteiger partial charge in [-0.25, -0.2) is 0 Å². The van der Waals surface area contributed by atoms with Crippen molar-refractivity contribution < 1.29 is 5.11 Å². The molecule has 0 atom stereocenters. The molecule has 0 heterocycles. The second kappa shape index (κ2) is 6.70.